The molecule has 0 aliphatic carbocycles. The van der Waals surface area contributed by atoms with Crippen molar-refractivity contribution in [1.29, 1.82) is 0 Å². The van der Waals surface area contributed by atoms with Crippen LogP contribution in [0.3, 0.4) is 0 Å². The van der Waals surface area contributed by atoms with Crippen molar-refractivity contribution in [3.05, 3.63) is 23.8 Å². The molecule has 5 nitrogen and oxygen atoms in total. The van der Waals surface area contributed by atoms with E-state index in [9.17, 15) is 4.79 Å². The first-order chi connectivity index (χ1) is 9.22. The van der Waals surface area contributed by atoms with E-state index in [-0.39, 0.29) is 5.97 Å². The molecule has 0 atom stereocenters. The Morgan fingerprint density at radius 2 is 2.16 bits per heavy atom. The highest BCUT2D eigenvalue weighted by molar-refractivity contribution is 5.69. The number of carbonyl (C=O) groups excluding carboxylic acids is 1. The number of carbonyl (C=O) groups is 1. The van der Waals surface area contributed by atoms with Gasteiger partial charge in [-0.15, -0.1) is 0 Å². The molecular formula is C14H19NO4. The predicted octanol–water partition coefficient (Wildman–Crippen LogP) is 1.80. The van der Waals surface area contributed by atoms with Crippen molar-refractivity contribution in [2.24, 2.45) is 0 Å². The Kier molecular flexibility index (Phi) is 4.63. The molecular weight excluding hydrogens is 246 g/mol. The molecule has 0 unspecified atom stereocenters. The summed E-state index contributed by atoms with van der Waals surface area (Å²) in [6.07, 6.45) is 0.412. The molecule has 1 aliphatic heterocycles. The highest BCUT2D eigenvalue weighted by Gasteiger charge is 2.14. The molecule has 2 rings (SSSR count). The molecule has 0 N–H and O–H groups in total. The van der Waals surface area contributed by atoms with E-state index >= 15 is 0 Å². The van der Waals surface area contributed by atoms with Crippen LogP contribution in [0.2, 0.25) is 0 Å². The predicted molar refractivity (Wildman–Crippen MR) is 70.1 cm³/mol. The molecule has 1 aromatic carbocycles. The third-order valence-electron chi connectivity index (χ3n) is 3.15. The highest BCUT2D eigenvalue weighted by Crippen LogP contribution is 2.32. The summed E-state index contributed by atoms with van der Waals surface area (Å²) in [5.74, 6) is 1.41. The Morgan fingerprint density at radius 3 is 2.89 bits per heavy atom. The zero-order chi connectivity index (χ0) is 13.7. The van der Waals surface area contributed by atoms with E-state index < -0.39 is 0 Å². The van der Waals surface area contributed by atoms with Gasteiger partial charge < -0.3 is 14.2 Å². The number of benzene rings is 1. The topological polar surface area (TPSA) is 48.0 Å². The minimum atomic E-state index is -0.177. The summed E-state index contributed by atoms with van der Waals surface area (Å²) in [5.41, 5.74) is 1.15. The maximum atomic E-state index is 11.2. The summed E-state index contributed by atoms with van der Waals surface area (Å²) in [6.45, 7) is 4.72. The van der Waals surface area contributed by atoms with E-state index in [0.717, 1.165) is 30.2 Å². The molecule has 0 spiro atoms. The van der Waals surface area contributed by atoms with Crippen LogP contribution in [0, 0.1) is 0 Å². The molecule has 1 aliphatic rings. The lowest BCUT2D eigenvalue weighted by Gasteiger charge is -2.19. The largest absolute Gasteiger partial charge is 0.469 e. The first-order valence-electron chi connectivity index (χ1n) is 6.40. The number of ether oxygens (including phenoxy) is 3. The van der Waals surface area contributed by atoms with Gasteiger partial charge in [0.15, 0.2) is 11.5 Å². The zero-order valence-electron chi connectivity index (χ0n) is 11.3. The molecule has 0 fully saturated rings. The van der Waals surface area contributed by atoms with Crippen molar-refractivity contribution in [3.63, 3.8) is 0 Å². The Labute approximate surface area is 113 Å². The molecule has 1 heterocycles. The molecule has 19 heavy (non-hydrogen) atoms. The third-order valence-corrected chi connectivity index (χ3v) is 3.15. The Bertz CT molecular complexity index is 447. The third kappa shape index (κ3) is 3.61. The van der Waals surface area contributed by atoms with Crippen molar-refractivity contribution < 1.29 is 19.0 Å². The van der Waals surface area contributed by atoms with Crippen LogP contribution in [0.25, 0.3) is 0 Å². The Hall–Kier alpha value is -1.75. The first kappa shape index (κ1) is 13.7. The number of esters is 1. The van der Waals surface area contributed by atoms with Gasteiger partial charge in [-0.25, -0.2) is 0 Å². The average molecular weight is 265 g/mol. The first-order valence-corrected chi connectivity index (χ1v) is 6.40. The van der Waals surface area contributed by atoms with Gasteiger partial charge in [0.05, 0.1) is 13.5 Å². The number of hydrogen-bond donors (Lipinski definition) is 0. The summed E-state index contributed by atoms with van der Waals surface area (Å²) < 4.78 is 15.3. The number of nitrogens with zero attached hydrogens (tertiary/aromatic N) is 1. The number of methoxy groups -OCH3 is 1. The van der Waals surface area contributed by atoms with Gasteiger partial charge >= 0.3 is 5.97 Å². The Balaban J connectivity index is 1.92. The van der Waals surface area contributed by atoms with E-state index in [0.29, 0.717) is 19.8 Å². The van der Waals surface area contributed by atoms with Crippen LogP contribution in [0.1, 0.15) is 18.9 Å². The van der Waals surface area contributed by atoms with E-state index in [1.807, 2.05) is 18.2 Å². The molecule has 1 aromatic rings. The maximum Gasteiger partial charge on any atom is 0.306 e. The van der Waals surface area contributed by atoms with Crippen molar-refractivity contribution in [1.82, 2.24) is 4.90 Å². The number of hydrogen-bond acceptors (Lipinski definition) is 5. The summed E-state index contributed by atoms with van der Waals surface area (Å²) >= 11 is 0. The fraction of sp³-hybridized carbons (Fsp3) is 0.500. The molecule has 5 heteroatoms. The maximum absolute atomic E-state index is 11.2. The summed E-state index contributed by atoms with van der Waals surface area (Å²) in [4.78, 5) is 13.3. The standard InChI is InChI=1S/C14H19NO4/c1-3-15(7-6-14(16)17-2)9-11-4-5-12-13(8-11)19-10-18-12/h4-5,8H,3,6-7,9-10H2,1-2H3. The van der Waals surface area contributed by atoms with E-state index in [1.54, 1.807) is 0 Å². The van der Waals surface area contributed by atoms with Gasteiger partial charge in [-0.3, -0.25) is 9.69 Å². The lowest BCUT2D eigenvalue weighted by molar-refractivity contribution is -0.141. The fourth-order valence-electron chi connectivity index (χ4n) is 2.00. The van der Waals surface area contributed by atoms with Crippen molar-refractivity contribution in [2.45, 2.75) is 19.9 Å². The number of rotatable bonds is 6. The van der Waals surface area contributed by atoms with Crippen LogP contribution in [-0.4, -0.2) is 37.9 Å². The molecule has 0 amide bonds. The normalized spacial score (nSPS) is 12.8. The molecule has 0 bridgehead atoms. The number of fused-ring (bicyclic) bond motifs is 1. The van der Waals surface area contributed by atoms with Crippen LogP contribution in [-0.2, 0) is 16.1 Å². The van der Waals surface area contributed by atoms with Crippen LogP contribution in [0.15, 0.2) is 18.2 Å². The van der Waals surface area contributed by atoms with Gasteiger partial charge in [0, 0.05) is 13.1 Å². The second-order valence-corrected chi connectivity index (χ2v) is 4.38. The SMILES string of the molecule is CCN(CCC(=O)OC)Cc1ccc2c(c1)OCO2. The van der Waals surface area contributed by atoms with Gasteiger partial charge in [-0.2, -0.15) is 0 Å². The van der Waals surface area contributed by atoms with Gasteiger partial charge in [-0.1, -0.05) is 13.0 Å². The van der Waals surface area contributed by atoms with Crippen LogP contribution in [0.4, 0.5) is 0 Å². The second-order valence-electron chi connectivity index (χ2n) is 4.38. The second kappa shape index (κ2) is 6.43. The van der Waals surface area contributed by atoms with Gasteiger partial charge in [0.25, 0.3) is 0 Å². The summed E-state index contributed by atoms with van der Waals surface area (Å²) in [5, 5.41) is 0. The molecule has 104 valence electrons. The van der Waals surface area contributed by atoms with E-state index in [4.69, 9.17) is 9.47 Å². The van der Waals surface area contributed by atoms with E-state index in [1.165, 1.54) is 7.11 Å². The van der Waals surface area contributed by atoms with Crippen molar-refractivity contribution in [2.75, 3.05) is 27.0 Å². The van der Waals surface area contributed by atoms with Crippen molar-refractivity contribution in [3.8, 4) is 11.5 Å². The quantitative estimate of drug-likeness (QED) is 0.734. The minimum Gasteiger partial charge on any atom is -0.469 e. The molecule has 0 aromatic heterocycles. The lowest BCUT2D eigenvalue weighted by Crippen LogP contribution is -2.26. The van der Waals surface area contributed by atoms with Crippen LogP contribution >= 0.6 is 0 Å². The van der Waals surface area contributed by atoms with Gasteiger partial charge in [-0.05, 0) is 24.2 Å². The summed E-state index contributed by atoms with van der Waals surface area (Å²) in [6, 6.07) is 5.93. The van der Waals surface area contributed by atoms with Gasteiger partial charge in [0.1, 0.15) is 0 Å². The molecule has 0 radical (unpaired) electrons. The lowest BCUT2D eigenvalue weighted by atomic mass is 10.2. The average Bonchev–Trinajstić information content (AvgIpc) is 2.90. The van der Waals surface area contributed by atoms with Crippen LogP contribution in [0.5, 0.6) is 11.5 Å². The van der Waals surface area contributed by atoms with Crippen LogP contribution < -0.4 is 9.47 Å². The molecule has 0 saturated heterocycles. The fourth-order valence-corrected chi connectivity index (χ4v) is 2.00. The summed E-state index contributed by atoms with van der Waals surface area (Å²) in [7, 11) is 1.41. The minimum absolute atomic E-state index is 0.177. The smallest absolute Gasteiger partial charge is 0.306 e. The monoisotopic (exact) mass is 265 g/mol. The van der Waals surface area contributed by atoms with E-state index in [2.05, 4.69) is 16.6 Å². The molecule has 0 saturated carbocycles. The van der Waals surface area contributed by atoms with Crippen molar-refractivity contribution >= 4 is 5.97 Å². The highest BCUT2D eigenvalue weighted by atomic mass is 16.7. The zero-order valence-corrected chi connectivity index (χ0v) is 11.3. The Morgan fingerprint density at radius 1 is 1.37 bits per heavy atom. The van der Waals surface area contributed by atoms with Gasteiger partial charge in [0.2, 0.25) is 6.79 Å².